The standard InChI is InChI=1S/C25H18N6O2S/c26-23(32)18-11-13-19(14-12-18)28-29-22-21(17-9-5-2-6-10-17)30-31(24(22)33)25-27-20(15-34-25)16-7-3-1-4-8-16/h1-15,28H,(H2,26,32)/b29-22+. The fourth-order valence-corrected chi connectivity index (χ4v) is 4.13. The van der Waals surface area contributed by atoms with E-state index in [0.29, 0.717) is 22.1 Å². The van der Waals surface area contributed by atoms with E-state index in [2.05, 4.69) is 20.6 Å². The summed E-state index contributed by atoms with van der Waals surface area (Å²) in [5.41, 5.74) is 12.2. The Morgan fingerprint density at radius 1 is 0.912 bits per heavy atom. The van der Waals surface area contributed by atoms with Gasteiger partial charge in [-0.3, -0.25) is 15.0 Å². The van der Waals surface area contributed by atoms with Crippen LogP contribution in [0, 0.1) is 0 Å². The van der Waals surface area contributed by atoms with Crippen LogP contribution in [0.4, 0.5) is 10.8 Å². The molecule has 166 valence electrons. The van der Waals surface area contributed by atoms with Crippen molar-refractivity contribution in [3.05, 3.63) is 101 Å². The van der Waals surface area contributed by atoms with Crippen LogP contribution in [0.25, 0.3) is 11.3 Å². The van der Waals surface area contributed by atoms with E-state index in [9.17, 15) is 9.59 Å². The van der Waals surface area contributed by atoms with Crippen molar-refractivity contribution in [2.24, 2.45) is 15.9 Å². The summed E-state index contributed by atoms with van der Waals surface area (Å²) >= 11 is 1.33. The van der Waals surface area contributed by atoms with Crippen LogP contribution >= 0.6 is 11.3 Å². The summed E-state index contributed by atoms with van der Waals surface area (Å²) in [5.74, 6) is -0.912. The van der Waals surface area contributed by atoms with Gasteiger partial charge in [0.2, 0.25) is 11.0 Å². The van der Waals surface area contributed by atoms with Gasteiger partial charge in [0.25, 0.3) is 0 Å². The summed E-state index contributed by atoms with van der Waals surface area (Å²) in [6.07, 6.45) is 0. The molecule has 0 saturated heterocycles. The molecule has 5 rings (SSSR count). The monoisotopic (exact) mass is 466 g/mol. The Hall–Kier alpha value is -4.63. The molecule has 0 unspecified atom stereocenters. The van der Waals surface area contributed by atoms with Gasteiger partial charge in [-0.25, -0.2) is 4.98 Å². The Labute approximate surface area is 199 Å². The van der Waals surface area contributed by atoms with Gasteiger partial charge in [0, 0.05) is 22.1 Å². The molecule has 0 bridgehead atoms. The number of anilines is 2. The average Bonchev–Trinajstić information content (AvgIpc) is 3.49. The molecule has 0 radical (unpaired) electrons. The number of nitrogens with two attached hydrogens (primary N) is 1. The zero-order valence-electron chi connectivity index (χ0n) is 17.8. The second-order valence-electron chi connectivity index (χ2n) is 7.33. The van der Waals surface area contributed by atoms with E-state index in [1.165, 1.54) is 16.3 Å². The molecule has 0 atom stereocenters. The topological polar surface area (TPSA) is 113 Å². The Morgan fingerprint density at radius 2 is 1.56 bits per heavy atom. The number of carbonyl (C=O) groups is 2. The predicted molar refractivity (Wildman–Crippen MR) is 134 cm³/mol. The maximum atomic E-state index is 13.3. The first-order chi connectivity index (χ1) is 16.6. The molecule has 0 spiro atoms. The van der Waals surface area contributed by atoms with Crippen molar-refractivity contribution in [3.8, 4) is 11.3 Å². The lowest BCUT2D eigenvalue weighted by atomic mass is 10.1. The number of benzene rings is 3. The first kappa shape index (κ1) is 21.2. The van der Waals surface area contributed by atoms with Gasteiger partial charge in [-0.05, 0) is 24.3 Å². The minimum Gasteiger partial charge on any atom is -0.366 e. The molecular weight excluding hydrogens is 448 g/mol. The fourth-order valence-electron chi connectivity index (χ4n) is 3.35. The maximum absolute atomic E-state index is 13.3. The van der Waals surface area contributed by atoms with Crippen molar-refractivity contribution in [1.82, 2.24) is 4.98 Å². The molecule has 2 amide bonds. The van der Waals surface area contributed by atoms with E-state index in [-0.39, 0.29) is 5.71 Å². The number of thiazole rings is 1. The van der Waals surface area contributed by atoms with Crippen molar-refractivity contribution in [2.75, 3.05) is 10.4 Å². The number of hydrogen-bond acceptors (Lipinski definition) is 7. The van der Waals surface area contributed by atoms with E-state index in [1.54, 1.807) is 24.3 Å². The van der Waals surface area contributed by atoms with Gasteiger partial charge in [-0.1, -0.05) is 60.7 Å². The van der Waals surface area contributed by atoms with E-state index in [0.717, 1.165) is 16.8 Å². The van der Waals surface area contributed by atoms with Crippen LogP contribution in [0.2, 0.25) is 0 Å². The number of hydrogen-bond donors (Lipinski definition) is 2. The van der Waals surface area contributed by atoms with Crippen LogP contribution in [0.3, 0.4) is 0 Å². The molecule has 1 aliphatic heterocycles. The van der Waals surface area contributed by atoms with Crippen molar-refractivity contribution < 1.29 is 9.59 Å². The summed E-state index contributed by atoms with van der Waals surface area (Å²) in [7, 11) is 0. The van der Waals surface area contributed by atoms with Gasteiger partial charge in [0.1, 0.15) is 5.71 Å². The quantitative estimate of drug-likeness (QED) is 0.416. The van der Waals surface area contributed by atoms with Crippen molar-refractivity contribution in [2.45, 2.75) is 0 Å². The molecule has 9 heteroatoms. The summed E-state index contributed by atoms with van der Waals surface area (Å²) < 4.78 is 0. The largest absolute Gasteiger partial charge is 0.366 e. The highest BCUT2D eigenvalue weighted by Crippen LogP contribution is 2.30. The second-order valence-corrected chi connectivity index (χ2v) is 8.16. The van der Waals surface area contributed by atoms with Gasteiger partial charge in [0.15, 0.2) is 5.71 Å². The van der Waals surface area contributed by atoms with Crippen LogP contribution < -0.4 is 16.2 Å². The Morgan fingerprint density at radius 3 is 2.21 bits per heavy atom. The van der Waals surface area contributed by atoms with Gasteiger partial charge in [-0.2, -0.15) is 15.2 Å². The number of amides is 2. The lowest BCUT2D eigenvalue weighted by molar-refractivity contribution is -0.112. The average molecular weight is 467 g/mol. The van der Waals surface area contributed by atoms with Crippen LogP contribution in [-0.4, -0.2) is 28.2 Å². The highest BCUT2D eigenvalue weighted by atomic mass is 32.1. The number of nitrogens with one attached hydrogen (secondary N) is 1. The molecular formula is C25H18N6O2S. The van der Waals surface area contributed by atoms with Crippen LogP contribution in [0.15, 0.2) is 101 Å². The van der Waals surface area contributed by atoms with Crippen molar-refractivity contribution >= 4 is 45.4 Å². The smallest absolute Gasteiger partial charge is 0.303 e. The lowest BCUT2D eigenvalue weighted by Crippen LogP contribution is -2.28. The third-order valence-electron chi connectivity index (χ3n) is 5.08. The number of nitrogens with zero attached hydrogens (tertiary/aromatic N) is 4. The summed E-state index contributed by atoms with van der Waals surface area (Å²) in [5, 5.41) is 12.5. The molecule has 1 aromatic heterocycles. The fraction of sp³-hybridized carbons (Fsp3) is 0. The van der Waals surface area contributed by atoms with Gasteiger partial charge in [0.05, 0.1) is 11.4 Å². The Bertz CT molecular complexity index is 1410. The van der Waals surface area contributed by atoms with Gasteiger partial charge >= 0.3 is 5.91 Å². The van der Waals surface area contributed by atoms with Crippen molar-refractivity contribution in [1.29, 1.82) is 0 Å². The van der Waals surface area contributed by atoms with Crippen LogP contribution in [-0.2, 0) is 4.79 Å². The number of hydrazone groups is 2. The minimum atomic E-state index is -0.517. The molecule has 0 saturated carbocycles. The van der Waals surface area contributed by atoms with Crippen molar-refractivity contribution in [3.63, 3.8) is 0 Å². The maximum Gasteiger partial charge on any atom is 0.303 e. The molecule has 1 aliphatic rings. The minimum absolute atomic E-state index is 0.154. The SMILES string of the molecule is NC(=O)c1ccc(N/N=C2/C(=O)N(c3nc(-c4ccccc4)cs3)N=C2c2ccccc2)cc1. The predicted octanol–water partition coefficient (Wildman–Crippen LogP) is 4.13. The van der Waals surface area contributed by atoms with E-state index in [4.69, 9.17) is 5.73 Å². The first-order valence-electron chi connectivity index (χ1n) is 10.3. The highest BCUT2D eigenvalue weighted by molar-refractivity contribution is 7.14. The van der Waals surface area contributed by atoms with E-state index in [1.807, 2.05) is 66.0 Å². The highest BCUT2D eigenvalue weighted by Gasteiger charge is 2.35. The molecule has 8 nitrogen and oxygen atoms in total. The zero-order chi connectivity index (χ0) is 23.5. The molecule has 0 fully saturated rings. The molecule has 2 heterocycles. The number of rotatable bonds is 6. The molecule has 3 aromatic carbocycles. The summed E-state index contributed by atoms with van der Waals surface area (Å²) in [6, 6.07) is 25.6. The molecule has 0 aliphatic carbocycles. The molecule has 4 aromatic rings. The third kappa shape index (κ3) is 4.19. The Balaban J connectivity index is 1.47. The Kier molecular flexibility index (Phi) is 5.67. The summed E-state index contributed by atoms with van der Waals surface area (Å²) in [4.78, 5) is 29.3. The number of primary amides is 1. The normalized spacial score (nSPS) is 14.4. The van der Waals surface area contributed by atoms with E-state index >= 15 is 0 Å². The number of aromatic nitrogens is 1. The van der Waals surface area contributed by atoms with Gasteiger partial charge in [-0.15, -0.1) is 11.3 Å². The third-order valence-corrected chi connectivity index (χ3v) is 5.89. The van der Waals surface area contributed by atoms with Gasteiger partial charge < -0.3 is 5.73 Å². The van der Waals surface area contributed by atoms with E-state index < -0.39 is 11.8 Å². The first-order valence-corrected chi connectivity index (χ1v) is 11.2. The number of carbonyl (C=O) groups excluding carboxylic acids is 2. The summed E-state index contributed by atoms with van der Waals surface area (Å²) in [6.45, 7) is 0. The second kappa shape index (κ2) is 9.08. The zero-order valence-corrected chi connectivity index (χ0v) is 18.6. The lowest BCUT2D eigenvalue weighted by Gasteiger charge is -2.06. The van der Waals surface area contributed by atoms with Crippen LogP contribution in [0.1, 0.15) is 15.9 Å². The van der Waals surface area contributed by atoms with Crippen LogP contribution in [0.5, 0.6) is 0 Å². The molecule has 34 heavy (non-hydrogen) atoms. The molecule has 3 N–H and O–H groups in total.